The van der Waals surface area contributed by atoms with Crippen molar-refractivity contribution in [2.75, 3.05) is 19.7 Å². The van der Waals surface area contributed by atoms with Crippen LogP contribution in [-0.2, 0) is 20.0 Å². The molecule has 2 heterocycles. The molecule has 0 spiro atoms. The van der Waals surface area contributed by atoms with Gasteiger partial charge < -0.3 is 9.30 Å². The van der Waals surface area contributed by atoms with Crippen molar-refractivity contribution in [3.63, 3.8) is 0 Å². The van der Waals surface area contributed by atoms with E-state index in [1.54, 1.807) is 17.7 Å². The molecule has 0 amide bonds. The molecular formula is C28H31N3O2. The zero-order chi connectivity index (χ0) is 23.0. The fourth-order valence-electron chi connectivity index (χ4n) is 4.07. The Bertz CT molecular complexity index is 1250. The molecule has 5 heteroatoms. The fourth-order valence-corrected chi connectivity index (χ4v) is 4.07. The van der Waals surface area contributed by atoms with Gasteiger partial charge in [-0.25, -0.2) is 0 Å². The van der Waals surface area contributed by atoms with Crippen molar-refractivity contribution in [1.29, 1.82) is 0 Å². The zero-order valence-electron chi connectivity index (χ0n) is 19.4. The van der Waals surface area contributed by atoms with Gasteiger partial charge in [0.15, 0.2) is 0 Å². The predicted octanol–water partition coefficient (Wildman–Crippen LogP) is 4.76. The lowest BCUT2D eigenvalue weighted by Crippen LogP contribution is -2.28. The van der Waals surface area contributed by atoms with Crippen LogP contribution in [0.3, 0.4) is 0 Å². The normalized spacial score (nSPS) is 11.2. The number of pyridine rings is 2. The Morgan fingerprint density at radius 1 is 0.970 bits per heavy atom. The van der Waals surface area contributed by atoms with Crippen molar-refractivity contribution in [3.05, 3.63) is 106 Å². The first-order chi connectivity index (χ1) is 16.1. The minimum Gasteiger partial charge on any atom is -0.494 e. The van der Waals surface area contributed by atoms with E-state index in [4.69, 9.17) is 4.74 Å². The predicted molar refractivity (Wildman–Crippen MR) is 134 cm³/mol. The van der Waals surface area contributed by atoms with Gasteiger partial charge in [0.05, 0.1) is 12.1 Å². The van der Waals surface area contributed by atoms with Gasteiger partial charge >= 0.3 is 0 Å². The number of hydrogen-bond acceptors (Lipinski definition) is 4. The third-order valence-electron chi connectivity index (χ3n) is 6.11. The summed E-state index contributed by atoms with van der Waals surface area (Å²) in [6, 6.07) is 22.1. The Kier molecular flexibility index (Phi) is 7.53. The lowest BCUT2D eigenvalue weighted by molar-refractivity contribution is 0.229. The van der Waals surface area contributed by atoms with Crippen molar-refractivity contribution in [3.8, 4) is 5.75 Å². The molecule has 0 bridgehead atoms. The van der Waals surface area contributed by atoms with Gasteiger partial charge in [-0.15, -0.1) is 0 Å². The number of benzene rings is 2. The molecule has 0 aliphatic heterocycles. The molecule has 5 nitrogen and oxygen atoms in total. The third-order valence-corrected chi connectivity index (χ3v) is 6.11. The summed E-state index contributed by atoms with van der Waals surface area (Å²) in [6.45, 7) is 5.71. The van der Waals surface area contributed by atoms with Gasteiger partial charge in [0.1, 0.15) is 5.75 Å². The van der Waals surface area contributed by atoms with Crippen molar-refractivity contribution in [2.24, 2.45) is 7.05 Å². The number of ether oxygens (including phenoxy) is 1. The summed E-state index contributed by atoms with van der Waals surface area (Å²) >= 11 is 0. The third kappa shape index (κ3) is 6.08. The Hall–Kier alpha value is -3.44. The maximum atomic E-state index is 11.8. The number of hydrogen-bond donors (Lipinski definition) is 0. The largest absolute Gasteiger partial charge is 0.494 e. The van der Waals surface area contributed by atoms with E-state index < -0.39 is 0 Å². The van der Waals surface area contributed by atoms with E-state index >= 15 is 0 Å². The number of nitrogens with zero attached hydrogens (tertiary/aromatic N) is 3. The highest BCUT2D eigenvalue weighted by atomic mass is 16.5. The minimum absolute atomic E-state index is 0.00308. The van der Waals surface area contributed by atoms with Gasteiger partial charge in [-0.2, -0.15) is 0 Å². The van der Waals surface area contributed by atoms with E-state index in [1.807, 2.05) is 36.7 Å². The smallest absolute Gasteiger partial charge is 0.250 e. The quantitative estimate of drug-likeness (QED) is 0.333. The van der Waals surface area contributed by atoms with Crippen LogP contribution in [0.1, 0.15) is 23.1 Å². The van der Waals surface area contributed by atoms with E-state index in [9.17, 15) is 4.79 Å². The summed E-state index contributed by atoms with van der Waals surface area (Å²) in [5, 5.41) is 1.01. The second-order valence-electron chi connectivity index (χ2n) is 8.46. The molecule has 170 valence electrons. The monoisotopic (exact) mass is 441 g/mol. The van der Waals surface area contributed by atoms with Crippen LogP contribution in [0, 0.1) is 6.92 Å². The first-order valence-electron chi connectivity index (χ1n) is 11.5. The van der Waals surface area contributed by atoms with Gasteiger partial charge in [0, 0.05) is 50.5 Å². The maximum absolute atomic E-state index is 11.8. The molecule has 2 aromatic heterocycles. The number of rotatable bonds is 10. The second-order valence-corrected chi connectivity index (χ2v) is 8.46. The molecule has 0 radical (unpaired) electrons. The molecule has 0 unspecified atom stereocenters. The summed E-state index contributed by atoms with van der Waals surface area (Å²) < 4.78 is 7.71. The van der Waals surface area contributed by atoms with Gasteiger partial charge in [0.25, 0.3) is 5.56 Å². The number of fused-ring (bicyclic) bond motifs is 1. The van der Waals surface area contributed by atoms with Gasteiger partial charge in [-0.1, -0.05) is 24.3 Å². The highest BCUT2D eigenvalue weighted by molar-refractivity contribution is 5.80. The summed E-state index contributed by atoms with van der Waals surface area (Å²) in [5.74, 6) is 0.836. The van der Waals surface area contributed by atoms with Gasteiger partial charge in [0.2, 0.25) is 0 Å². The van der Waals surface area contributed by atoms with Crippen LogP contribution in [0.4, 0.5) is 0 Å². The van der Waals surface area contributed by atoms with Crippen LogP contribution in [-0.4, -0.2) is 34.1 Å². The molecule has 0 aliphatic rings. The first kappa shape index (κ1) is 22.7. The van der Waals surface area contributed by atoms with Crippen molar-refractivity contribution < 1.29 is 4.74 Å². The van der Waals surface area contributed by atoms with Crippen LogP contribution < -0.4 is 10.3 Å². The molecule has 0 atom stereocenters. The molecule has 33 heavy (non-hydrogen) atoms. The molecule has 0 aliphatic carbocycles. The van der Waals surface area contributed by atoms with E-state index in [0.717, 1.165) is 49.1 Å². The lowest BCUT2D eigenvalue weighted by Gasteiger charge is -2.23. The first-order valence-corrected chi connectivity index (χ1v) is 11.5. The molecule has 0 fully saturated rings. The summed E-state index contributed by atoms with van der Waals surface area (Å²) in [6.07, 6.45) is 5.65. The Morgan fingerprint density at radius 2 is 1.79 bits per heavy atom. The standard InChI is InChI=1S/C28H31N3O2/c1-22-6-3-4-7-25(22)21-31(18-14-23-12-15-29-16-13-23)17-5-19-33-26-9-10-27-24(20-26)8-11-28(32)30(27)2/h3-4,6-13,15-16,20H,5,14,17-19,21H2,1-2H3. The summed E-state index contributed by atoms with van der Waals surface area (Å²) in [5.41, 5.74) is 4.91. The van der Waals surface area contributed by atoms with Crippen LogP contribution in [0.15, 0.2) is 83.9 Å². The van der Waals surface area contributed by atoms with Crippen LogP contribution in [0.5, 0.6) is 5.75 Å². The molecule has 4 aromatic rings. The summed E-state index contributed by atoms with van der Waals surface area (Å²) in [7, 11) is 1.79. The van der Waals surface area contributed by atoms with Crippen LogP contribution >= 0.6 is 0 Å². The average molecular weight is 442 g/mol. The highest BCUT2D eigenvalue weighted by Gasteiger charge is 2.09. The molecular weight excluding hydrogens is 410 g/mol. The minimum atomic E-state index is -0.00308. The maximum Gasteiger partial charge on any atom is 0.250 e. The van der Waals surface area contributed by atoms with E-state index in [2.05, 4.69) is 53.2 Å². The molecule has 0 N–H and O–H groups in total. The van der Waals surface area contributed by atoms with Crippen molar-refractivity contribution in [2.45, 2.75) is 26.3 Å². The van der Waals surface area contributed by atoms with Crippen molar-refractivity contribution >= 4 is 10.9 Å². The topological polar surface area (TPSA) is 47.4 Å². The zero-order valence-corrected chi connectivity index (χ0v) is 19.4. The fraction of sp³-hybridized carbons (Fsp3) is 0.286. The van der Waals surface area contributed by atoms with Crippen LogP contribution in [0.2, 0.25) is 0 Å². The van der Waals surface area contributed by atoms with E-state index in [0.29, 0.717) is 6.61 Å². The highest BCUT2D eigenvalue weighted by Crippen LogP contribution is 2.19. The Balaban J connectivity index is 1.35. The van der Waals surface area contributed by atoms with Gasteiger partial charge in [-0.05, 0) is 72.9 Å². The van der Waals surface area contributed by atoms with Gasteiger partial charge in [-0.3, -0.25) is 14.7 Å². The number of aryl methyl sites for hydroxylation is 2. The lowest BCUT2D eigenvalue weighted by atomic mass is 10.1. The Morgan fingerprint density at radius 3 is 2.61 bits per heavy atom. The van der Waals surface area contributed by atoms with E-state index in [-0.39, 0.29) is 5.56 Å². The van der Waals surface area contributed by atoms with Crippen molar-refractivity contribution in [1.82, 2.24) is 14.5 Å². The molecule has 0 saturated carbocycles. The second kappa shape index (κ2) is 10.9. The average Bonchev–Trinajstić information content (AvgIpc) is 2.84. The SMILES string of the molecule is Cc1ccccc1CN(CCCOc1ccc2c(ccc(=O)n2C)c1)CCc1ccncc1. The van der Waals surface area contributed by atoms with Crippen LogP contribution in [0.25, 0.3) is 10.9 Å². The number of aromatic nitrogens is 2. The molecule has 2 aromatic carbocycles. The Labute approximate surface area is 195 Å². The van der Waals surface area contributed by atoms with E-state index in [1.165, 1.54) is 16.7 Å². The molecule has 4 rings (SSSR count). The molecule has 0 saturated heterocycles. The summed E-state index contributed by atoms with van der Waals surface area (Å²) in [4.78, 5) is 18.4.